The van der Waals surface area contributed by atoms with Crippen molar-refractivity contribution < 1.29 is 19.4 Å². The summed E-state index contributed by atoms with van der Waals surface area (Å²) in [6.45, 7) is 1.54. The van der Waals surface area contributed by atoms with E-state index in [-0.39, 0.29) is 18.5 Å². The lowest BCUT2D eigenvalue weighted by atomic mass is 9.48. The van der Waals surface area contributed by atoms with Gasteiger partial charge in [0.25, 0.3) is 5.91 Å². The van der Waals surface area contributed by atoms with Crippen LogP contribution in [0, 0.1) is 24.2 Å². The lowest BCUT2D eigenvalue weighted by Gasteiger charge is -2.58. The number of aliphatic hydroxyl groups is 1. The Bertz CT molecular complexity index is 748. The fraction of sp³-hybridized carbons (Fsp3) is 0.600. The summed E-state index contributed by atoms with van der Waals surface area (Å²) in [5, 5.41) is 14.1. The third kappa shape index (κ3) is 3.23. The van der Waals surface area contributed by atoms with E-state index in [1.165, 1.54) is 0 Å². The summed E-state index contributed by atoms with van der Waals surface area (Å²) >= 11 is 5.91. The number of nitrogens with one attached hydrogen (secondary N) is 1. The number of amides is 1. The molecule has 5 nitrogen and oxygen atoms in total. The predicted octanol–water partition coefficient (Wildman–Crippen LogP) is 3.46. The fourth-order valence-corrected chi connectivity index (χ4v) is 5.92. The van der Waals surface area contributed by atoms with Gasteiger partial charge < -0.3 is 15.2 Å². The number of rotatable bonds is 4. The quantitative estimate of drug-likeness (QED) is 0.788. The average molecular weight is 378 g/mol. The second-order valence-corrected chi connectivity index (χ2v) is 8.99. The van der Waals surface area contributed by atoms with Crippen molar-refractivity contribution in [3.05, 3.63) is 28.8 Å². The van der Waals surface area contributed by atoms with Gasteiger partial charge in [0, 0.05) is 10.7 Å². The maximum Gasteiger partial charge on any atom is 0.312 e. The Morgan fingerprint density at radius 1 is 1.27 bits per heavy atom. The van der Waals surface area contributed by atoms with Gasteiger partial charge in [-0.1, -0.05) is 11.6 Å². The molecule has 2 unspecified atom stereocenters. The zero-order valence-electron chi connectivity index (χ0n) is 14.9. The summed E-state index contributed by atoms with van der Waals surface area (Å²) in [6, 6.07) is 5.19. The maximum absolute atomic E-state index is 12.8. The third-order valence-electron chi connectivity index (χ3n) is 6.26. The number of anilines is 1. The van der Waals surface area contributed by atoms with E-state index in [1.54, 1.807) is 18.2 Å². The monoisotopic (exact) mass is 377 g/mol. The van der Waals surface area contributed by atoms with Crippen LogP contribution >= 0.6 is 11.6 Å². The van der Waals surface area contributed by atoms with E-state index in [4.69, 9.17) is 16.3 Å². The van der Waals surface area contributed by atoms with Crippen LogP contribution in [0.15, 0.2) is 18.2 Å². The summed E-state index contributed by atoms with van der Waals surface area (Å²) in [4.78, 5) is 24.9. The van der Waals surface area contributed by atoms with Crippen molar-refractivity contribution in [2.75, 3.05) is 11.9 Å². The largest absolute Gasteiger partial charge is 0.455 e. The molecule has 1 aromatic carbocycles. The predicted molar refractivity (Wildman–Crippen MR) is 97.8 cm³/mol. The molecule has 140 valence electrons. The van der Waals surface area contributed by atoms with Crippen molar-refractivity contribution in [3.63, 3.8) is 0 Å². The molecule has 4 saturated carbocycles. The molecule has 0 aliphatic heterocycles. The van der Waals surface area contributed by atoms with Crippen LogP contribution in [0.2, 0.25) is 5.02 Å². The first-order chi connectivity index (χ1) is 12.3. The zero-order chi connectivity index (χ0) is 18.5. The normalized spacial score (nSPS) is 34.6. The highest BCUT2D eigenvalue weighted by Crippen LogP contribution is 2.61. The Morgan fingerprint density at radius 3 is 2.58 bits per heavy atom. The molecule has 0 saturated heterocycles. The molecule has 4 aliphatic rings. The lowest BCUT2D eigenvalue weighted by molar-refractivity contribution is -0.196. The average Bonchev–Trinajstić information content (AvgIpc) is 2.53. The van der Waals surface area contributed by atoms with E-state index >= 15 is 0 Å². The third-order valence-corrected chi connectivity index (χ3v) is 6.50. The molecule has 0 spiro atoms. The van der Waals surface area contributed by atoms with Crippen molar-refractivity contribution in [2.45, 2.75) is 51.0 Å². The maximum atomic E-state index is 12.8. The van der Waals surface area contributed by atoms with E-state index in [2.05, 4.69) is 5.32 Å². The zero-order valence-corrected chi connectivity index (χ0v) is 15.6. The first kappa shape index (κ1) is 17.8. The van der Waals surface area contributed by atoms with E-state index in [0.717, 1.165) is 37.7 Å². The summed E-state index contributed by atoms with van der Waals surface area (Å²) in [7, 11) is 0. The standard InChI is InChI=1S/C20H24ClNO4/c1-12-4-15(21)2-3-16(12)22-17(23)10-26-18(24)19-6-13-5-14(7-19)9-20(25,8-13)11-19/h2-4,13-14,25H,5-11H2,1H3,(H,22,23)/t13-,14+,19?,20?. The van der Waals surface area contributed by atoms with Crippen molar-refractivity contribution in [3.8, 4) is 0 Å². The van der Waals surface area contributed by atoms with Gasteiger partial charge >= 0.3 is 5.97 Å². The Balaban J connectivity index is 1.37. The number of aryl methyl sites for hydroxylation is 1. The van der Waals surface area contributed by atoms with Gasteiger partial charge in [0.15, 0.2) is 6.61 Å². The number of carbonyl (C=O) groups excluding carboxylic acids is 2. The van der Waals surface area contributed by atoms with Crippen LogP contribution in [0.25, 0.3) is 0 Å². The van der Waals surface area contributed by atoms with Gasteiger partial charge in [-0.15, -0.1) is 0 Å². The molecule has 2 N–H and O–H groups in total. The van der Waals surface area contributed by atoms with Gasteiger partial charge in [0.2, 0.25) is 0 Å². The molecule has 4 bridgehead atoms. The number of esters is 1. The minimum absolute atomic E-state index is 0.309. The number of halogens is 1. The van der Waals surface area contributed by atoms with Crippen LogP contribution in [0.3, 0.4) is 0 Å². The number of benzene rings is 1. The van der Waals surface area contributed by atoms with Crippen LogP contribution in [0.4, 0.5) is 5.69 Å². The fourth-order valence-electron chi connectivity index (χ4n) is 5.69. The SMILES string of the molecule is Cc1cc(Cl)ccc1NC(=O)COC(=O)C12C[C@@H]3C[C@@H](CC(O)(C3)C1)C2. The second kappa shape index (κ2) is 6.24. The van der Waals surface area contributed by atoms with Crippen LogP contribution < -0.4 is 5.32 Å². The molecule has 6 heteroatoms. The van der Waals surface area contributed by atoms with Crippen LogP contribution in [0.5, 0.6) is 0 Å². The molecule has 0 heterocycles. The van der Waals surface area contributed by atoms with Crippen LogP contribution in [-0.2, 0) is 14.3 Å². The van der Waals surface area contributed by atoms with Crippen LogP contribution in [-0.4, -0.2) is 29.2 Å². The topological polar surface area (TPSA) is 75.6 Å². The molecule has 4 aliphatic carbocycles. The highest BCUT2D eigenvalue weighted by atomic mass is 35.5. The summed E-state index contributed by atoms with van der Waals surface area (Å²) in [6.07, 6.45) is 4.74. The number of hydrogen-bond acceptors (Lipinski definition) is 4. The molecule has 5 rings (SSSR count). The first-order valence-electron chi connectivity index (χ1n) is 9.23. The second-order valence-electron chi connectivity index (χ2n) is 8.55. The first-order valence-corrected chi connectivity index (χ1v) is 9.60. The highest BCUT2D eigenvalue weighted by Gasteiger charge is 2.60. The van der Waals surface area contributed by atoms with Gasteiger partial charge in [-0.3, -0.25) is 9.59 Å². The van der Waals surface area contributed by atoms with Gasteiger partial charge in [-0.25, -0.2) is 0 Å². The van der Waals surface area contributed by atoms with Crippen LogP contribution in [0.1, 0.15) is 44.1 Å². The molecular weight excluding hydrogens is 354 g/mol. The minimum Gasteiger partial charge on any atom is -0.455 e. The Kier molecular flexibility index (Phi) is 4.27. The minimum atomic E-state index is -0.716. The van der Waals surface area contributed by atoms with Crippen molar-refractivity contribution in [1.82, 2.24) is 0 Å². The van der Waals surface area contributed by atoms with Gasteiger partial charge in [0.1, 0.15) is 0 Å². The molecule has 4 fully saturated rings. The van der Waals surface area contributed by atoms with Gasteiger partial charge in [-0.2, -0.15) is 0 Å². The van der Waals surface area contributed by atoms with Gasteiger partial charge in [0.05, 0.1) is 11.0 Å². The Labute approximate surface area is 158 Å². The summed E-state index contributed by atoms with van der Waals surface area (Å²) in [5.41, 5.74) is 0.182. The molecule has 0 radical (unpaired) electrons. The summed E-state index contributed by atoms with van der Waals surface area (Å²) < 4.78 is 5.38. The Morgan fingerprint density at radius 2 is 1.96 bits per heavy atom. The number of ether oxygens (including phenoxy) is 1. The summed E-state index contributed by atoms with van der Waals surface area (Å²) in [5.74, 6) is 0.110. The van der Waals surface area contributed by atoms with Gasteiger partial charge in [-0.05, 0) is 81.0 Å². The molecule has 4 atom stereocenters. The molecule has 1 amide bonds. The van der Waals surface area contributed by atoms with E-state index < -0.39 is 11.0 Å². The number of carbonyl (C=O) groups is 2. The van der Waals surface area contributed by atoms with Crippen molar-refractivity contribution in [1.29, 1.82) is 0 Å². The number of hydrogen-bond donors (Lipinski definition) is 2. The lowest BCUT2D eigenvalue weighted by Crippen LogP contribution is -2.58. The Hall–Kier alpha value is -1.59. The highest BCUT2D eigenvalue weighted by molar-refractivity contribution is 6.30. The molecule has 1 aromatic rings. The molecule has 0 aromatic heterocycles. The van der Waals surface area contributed by atoms with Crippen molar-refractivity contribution >= 4 is 29.2 Å². The van der Waals surface area contributed by atoms with E-state index in [9.17, 15) is 14.7 Å². The molecule has 26 heavy (non-hydrogen) atoms. The smallest absolute Gasteiger partial charge is 0.312 e. The van der Waals surface area contributed by atoms with Crippen molar-refractivity contribution in [2.24, 2.45) is 17.3 Å². The van der Waals surface area contributed by atoms with E-state index in [0.29, 0.717) is 29.0 Å². The molecular formula is C20H24ClNO4. The van der Waals surface area contributed by atoms with E-state index in [1.807, 2.05) is 6.92 Å².